The molecule has 1 aromatic heterocycles. The van der Waals surface area contributed by atoms with E-state index >= 15 is 0 Å². The van der Waals surface area contributed by atoms with E-state index in [0.717, 1.165) is 0 Å². The Morgan fingerprint density at radius 3 is 2.43 bits per heavy atom. The lowest BCUT2D eigenvalue weighted by atomic mass is 9.88. The number of aliphatic hydroxyl groups excluding tert-OH is 1. The van der Waals surface area contributed by atoms with E-state index in [4.69, 9.17) is 23.2 Å². The highest BCUT2D eigenvalue weighted by atomic mass is 35.5. The maximum Gasteiger partial charge on any atom is 0.137 e. The lowest BCUT2D eigenvalue weighted by Crippen LogP contribution is -2.14. The molecule has 7 heteroatoms. The van der Waals surface area contributed by atoms with Crippen molar-refractivity contribution < 1.29 is 9.50 Å². The Kier molecular flexibility index (Phi) is 4.61. The molecule has 3 rings (SSSR count). The molecule has 0 amide bonds. The lowest BCUT2D eigenvalue weighted by molar-refractivity contribution is 0.156. The van der Waals surface area contributed by atoms with Crippen molar-refractivity contribution in [2.75, 3.05) is 0 Å². The summed E-state index contributed by atoms with van der Waals surface area (Å²) in [6.45, 7) is 0. The van der Waals surface area contributed by atoms with Gasteiger partial charge in [-0.25, -0.2) is 9.37 Å². The number of halogens is 3. The molecule has 0 aliphatic carbocycles. The molecule has 2 atom stereocenters. The normalized spacial score (nSPS) is 13.7. The topological polar surface area (TPSA) is 61.8 Å². The fourth-order valence-electron chi connectivity index (χ4n) is 2.45. The molecule has 0 saturated heterocycles. The van der Waals surface area contributed by atoms with E-state index in [9.17, 15) is 9.50 Å². The van der Waals surface area contributed by atoms with E-state index in [1.807, 2.05) is 0 Å². The van der Waals surface area contributed by atoms with Gasteiger partial charge in [0.2, 0.25) is 0 Å². The van der Waals surface area contributed by atoms with Crippen LogP contribution in [0, 0.1) is 5.82 Å². The molecule has 2 unspecified atom stereocenters. The van der Waals surface area contributed by atoms with Gasteiger partial charge in [-0.2, -0.15) is 5.10 Å². The van der Waals surface area contributed by atoms with Gasteiger partial charge in [-0.3, -0.25) is 5.10 Å². The lowest BCUT2D eigenvalue weighted by Gasteiger charge is -2.22. The van der Waals surface area contributed by atoms with Crippen LogP contribution in [0.5, 0.6) is 0 Å². The molecule has 0 aliphatic heterocycles. The highest BCUT2D eigenvalue weighted by Gasteiger charge is 2.28. The Labute approximate surface area is 141 Å². The summed E-state index contributed by atoms with van der Waals surface area (Å²) < 4.78 is 13.2. The van der Waals surface area contributed by atoms with Crippen LogP contribution in [0.4, 0.5) is 4.39 Å². The van der Waals surface area contributed by atoms with Crippen molar-refractivity contribution in [3.8, 4) is 0 Å². The van der Waals surface area contributed by atoms with Crippen molar-refractivity contribution in [2.45, 2.75) is 12.0 Å². The number of aromatic amines is 1. The molecule has 0 aliphatic rings. The third-order valence-corrected chi connectivity index (χ3v) is 4.12. The Hall–Kier alpha value is -1.95. The number of nitrogens with one attached hydrogen (secondary N) is 1. The predicted molar refractivity (Wildman–Crippen MR) is 86.0 cm³/mol. The van der Waals surface area contributed by atoms with Crippen LogP contribution in [-0.4, -0.2) is 20.3 Å². The summed E-state index contributed by atoms with van der Waals surface area (Å²) in [5.74, 6) is -0.476. The molecule has 0 saturated carbocycles. The average Bonchev–Trinajstić information content (AvgIpc) is 3.03. The molecule has 4 nitrogen and oxygen atoms in total. The fourth-order valence-corrected chi connectivity index (χ4v) is 2.97. The number of hydrogen-bond donors (Lipinski definition) is 2. The van der Waals surface area contributed by atoms with Crippen LogP contribution in [-0.2, 0) is 0 Å². The highest BCUT2D eigenvalue weighted by molar-refractivity contribution is 6.35. The van der Waals surface area contributed by atoms with Crippen LogP contribution >= 0.6 is 23.2 Å². The van der Waals surface area contributed by atoms with Crippen LogP contribution in [0.3, 0.4) is 0 Å². The zero-order chi connectivity index (χ0) is 16.4. The third kappa shape index (κ3) is 3.37. The standard InChI is InChI=1S/C16H12Cl2FN3O/c17-10-3-6-12(13(18)7-10)15(23)14(16-20-8-21-22-16)9-1-4-11(19)5-2-9/h1-8,14-15,23H,(H,20,21,22). The predicted octanol–water partition coefficient (Wildman–Crippen LogP) is 4.12. The zero-order valence-corrected chi connectivity index (χ0v) is 13.3. The number of rotatable bonds is 4. The molecular formula is C16H12Cl2FN3O. The van der Waals surface area contributed by atoms with Crippen LogP contribution in [0.1, 0.15) is 29.0 Å². The molecule has 1 heterocycles. The van der Waals surface area contributed by atoms with Crippen LogP contribution in [0.2, 0.25) is 10.0 Å². The first kappa shape index (κ1) is 15.9. The Morgan fingerprint density at radius 1 is 1.09 bits per heavy atom. The molecule has 0 fully saturated rings. The van der Waals surface area contributed by atoms with Crippen molar-refractivity contribution in [3.05, 3.63) is 81.6 Å². The molecule has 0 spiro atoms. The summed E-state index contributed by atoms with van der Waals surface area (Å²) in [6, 6.07) is 10.7. The fraction of sp³-hybridized carbons (Fsp3) is 0.125. The number of H-pyrrole nitrogens is 1. The first-order valence-corrected chi connectivity index (χ1v) is 7.55. The van der Waals surface area contributed by atoms with Gasteiger partial charge in [0.1, 0.15) is 18.0 Å². The summed E-state index contributed by atoms with van der Waals surface area (Å²) in [5, 5.41) is 18.2. The van der Waals surface area contributed by atoms with Crippen molar-refractivity contribution in [2.24, 2.45) is 0 Å². The van der Waals surface area contributed by atoms with E-state index in [0.29, 0.717) is 27.0 Å². The van der Waals surface area contributed by atoms with Gasteiger partial charge in [-0.05, 0) is 29.8 Å². The monoisotopic (exact) mass is 351 g/mol. The van der Waals surface area contributed by atoms with Gasteiger partial charge in [-0.1, -0.05) is 41.4 Å². The second-order valence-electron chi connectivity index (χ2n) is 5.01. The van der Waals surface area contributed by atoms with E-state index in [-0.39, 0.29) is 5.82 Å². The van der Waals surface area contributed by atoms with E-state index < -0.39 is 12.0 Å². The highest BCUT2D eigenvalue weighted by Crippen LogP contribution is 2.38. The smallest absolute Gasteiger partial charge is 0.137 e. The van der Waals surface area contributed by atoms with Crippen LogP contribution in [0.25, 0.3) is 0 Å². The Morgan fingerprint density at radius 2 is 1.83 bits per heavy atom. The van der Waals surface area contributed by atoms with Gasteiger partial charge in [0.25, 0.3) is 0 Å². The van der Waals surface area contributed by atoms with Gasteiger partial charge in [0.15, 0.2) is 0 Å². The zero-order valence-electron chi connectivity index (χ0n) is 11.7. The first-order chi connectivity index (χ1) is 11.1. The Bertz CT molecular complexity index is 794. The largest absolute Gasteiger partial charge is 0.387 e. The number of nitrogens with zero attached hydrogens (tertiary/aromatic N) is 2. The van der Waals surface area contributed by atoms with Gasteiger partial charge in [-0.15, -0.1) is 0 Å². The molecule has 2 aromatic carbocycles. The van der Waals surface area contributed by atoms with Gasteiger partial charge < -0.3 is 5.11 Å². The van der Waals surface area contributed by atoms with Gasteiger partial charge in [0, 0.05) is 15.6 Å². The molecule has 23 heavy (non-hydrogen) atoms. The molecule has 3 aromatic rings. The number of aromatic nitrogens is 3. The molecule has 2 N–H and O–H groups in total. The van der Waals surface area contributed by atoms with Crippen LogP contribution in [0.15, 0.2) is 48.8 Å². The second-order valence-corrected chi connectivity index (χ2v) is 5.85. The summed E-state index contributed by atoms with van der Waals surface area (Å²) >= 11 is 12.1. The SMILES string of the molecule is OC(c1ccc(Cl)cc1Cl)C(c1ccc(F)cc1)c1ncn[nH]1. The van der Waals surface area contributed by atoms with Gasteiger partial charge in [0.05, 0.1) is 12.0 Å². The second kappa shape index (κ2) is 6.66. The molecular weight excluding hydrogens is 340 g/mol. The first-order valence-electron chi connectivity index (χ1n) is 6.80. The summed E-state index contributed by atoms with van der Waals surface area (Å²) in [6.07, 6.45) is 0.348. The third-order valence-electron chi connectivity index (χ3n) is 3.55. The van der Waals surface area contributed by atoms with Crippen LogP contribution < -0.4 is 0 Å². The average molecular weight is 352 g/mol. The summed E-state index contributed by atoms with van der Waals surface area (Å²) in [4.78, 5) is 4.12. The summed E-state index contributed by atoms with van der Waals surface area (Å²) in [7, 11) is 0. The van der Waals surface area contributed by atoms with Crippen molar-refractivity contribution in [1.82, 2.24) is 15.2 Å². The van der Waals surface area contributed by atoms with Gasteiger partial charge >= 0.3 is 0 Å². The maximum absolute atomic E-state index is 13.2. The minimum absolute atomic E-state index is 0.344. The van der Waals surface area contributed by atoms with Crippen molar-refractivity contribution in [1.29, 1.82) is 0 Å². The number of benzene rings is 2. The molecule has 118 valence electrons. The minimum Gasteiger partial charge on any atom is -0.387 e. The van der Waals surface area contributed by atoms with E-state index in [1.165, 1.54) is 18.5 Å². The number of aliphatic hydroxyl groups is 1. The summed E-state index contributed by atoms with van der Waals surface area (Å²) in [5.41, 5.74) is 1.18. The number of hydrogen-bond acceptors (Lipinski definition) is 3. The minimum atomic E-state index is -1.00. The van der Waals surface area contributed by atoms with Crippen molar-refractivity contribution >= 4 is 23.2 Å². The quantitative estimate of drug-likeness (QED) is 0.743. The maximum atomic E-state index is 13.2. The van der Waals surface area contributed by atoms with E-state index in [1.54, 1.807) is 30.3 Å². The molecule has 0 bridgehead atoms. The van der Waals surface area contributed by atoms with E-state index in [2.05, 4.69) is 15.2 Å². The Balaban J connectivity index is 2.06. The van der Waals surface area contributed by atoms with Crippen molar-refractivity contribution in [3.63, 3.8) is 0 Å². The molecule has 0 radical (unpaired) electrons.